The maximum absolute atomic E-state index is 5.25. The molecule has 22 heavy (non-hydrogen) atoms. The number of hydrogen-bond donors (Lipinski definition) is 2. The summed E-state index contributed by atoms with van der Waals surface area (Å²) in [6.45, 7) is 5.13. The largest absolute Gasteiger partial charge is 0.352 e. The van der Waals surface area contributed by atoms with E-state index < -0.39 is 0 Å². The van der Waals surface area contributed by atoms with Crippen LogP contribution in [0.5, 0.6) is 0 Å². The highest BCUT2D eigenvalue weighted by atomic mass is 15.3. The second kappa shape index (κ2) is 7.32. The Balaban J connectivity index is 2.19. The zero-order valence-electron chi connectivity index (χ0n) is 13.2. The van der Waals surface area contributed by atoms with Crippen LogP contribution in [0, 0.1) is 26.2 Å². The van der Waals surface area contributed by atoms with Gasteiger partial charge in [0.1, 0.15) is 0 Å². The number of aromatic nitrogens is 2. The molecule has 5 heteroatoms. The van der Waals surface area contributed by atoms with E-state index >= 15 is 0 Å². The molecule has 0 unspecified atom stereocenters. The average molecular weight is 295 g/mol. The first-order valence-corrected chi connectivity index (χ1v) is 7.15. The topological polar surface area (TPSA) is 54.2 Å². The Kier molecular flexibility index (Phi) is 5.21. The lowest BCUT2D eigenvalue weighted by atomic mass is 10.1. The third-order valence-corrected chi connectivity index (χ3v) is 3.26. The fourth-order valence-electron chi connectivity index (χ4n) is 2.27. The van der Waals surface area contributed by atoms with Crippen LogP contribution in [0.25, 0.3) is 5.69 Å². The predicted molar refractivity (Wildman–Crippen MR) is 90.1 cm³/mol. The van der Waals surface area contributed by atoms with E-state index in [9.17, 15) is 0 Å². The molecule has 2 aromatic rings. The van der Waals surface area contributed by atoms with Crippen LogP contribution >= 0.6 is 0 Å². The van der Waals surface area contributed by atoms with Gasteiger partial charge in [-0.1, -0.05) is 24.1 Å². The van der Waals surface area contributed by atoms with Gasteiger partial charge in [-0.3, -0.25) is 4.99 Å². The normalized spacial score (nSPS) is 11.1. The summed E-state index contributed by atoms with van der Waals surface area (Å²) >= 11 is 0. The van der Waals surface area contributed by atoms with Gasteiger partial charge in [0.2, 0.25) is 0 Å². The second-order valence-electron chi connectivity index (χ2n) is 4.95. The van der Waals surface area contributed by atoms with Crippen LogP contribution in [-0.2, 0) is 6.54 Å². The van der Waals surface area contributed by atoms with Crippen molar-refractivity contribution in [3.8, 4) is 18.0 Å². The lowest BCUT2D eigenvalue weighted by molar-refractivity contribution is 0.794. The molecule has 0 aliphatic carbocycles. The van der Waals surface area contributed by atoms with E-state index in [0.717, 1.165) is 22.6 Å². The van der Waals surface area contributed by atoms with Crippen LogP contribution < -0.4 is 10.6 Å². The molecule has 0 aliphatic rings. The maximum Gasteiger partial charge on any atom is 0.192 e. The third-order valence-electron chi connectivity index (χ3n) is 3.26. The Hall–Kier alpha value is -2.74. The molecule has 114 valence electrons. The van der Waals surface area contributed by atoms with Crippen molar-refractivity contribution in [3.63, 3.8) is 0 Å². The number of guanidine groups is 1. The van der Waals surface area contributed by atoms with Gasteiger partial charge in [-0.15, -0.1) is 6.42 Å². The molecule has 2 N–H and O–H groups in total. The molecule has 0 spiro atoms. The average Bonchev–Trinajstić information content (AvgIpc) is 2.86. The third kappa shape index (κ3) is 3.67. The van der Waals surface area contributed by atoms with Crippen molar-refractivity contribution in [1.29, 1.82) is 0 Å². The minimum atomic E-state index is 0.443. The van der Waals surface area contributed by atoms with Gasteiger partial charge in [-0.2, -0.15) is 5.10 Å². The molecule has 0 fully saturated rings. The zero-order chi connectivity index (χ0) is 15.9. The van der Waals surface area contributed by atoms with Crippen LogP contribution in [0.4, 0.5) is 0 Å². The molecule has 0 bridgehead atoms. The molecular formula is C17H21N5. The highest BCUT2D eigenvalue weighted by molar-refractivity contribution is 5.79. The van der Waals surface area contributed by atoms with Crippen molar-refractivity contribution in [2.45, 2.75) is 20.4 Å². The molecule has 0 saturated heterocycles. The summed E-state index contributed by atoms with van der Waals surface area (Å²) in [5.74, 6) is 3.21. The summed E-state index contributed by atoms with van der Waals surface area (Å²) in [6.07, 6.45) is 5.25. The van der Waals surface area contributed by atoms with E-state index in [1.165, 1.54) is 0 Å². The van der Waals surface area contributed by atoms with E-state index in [4.69, 9.17) is 6.42 Å². The smallest absolute Gasteiger partial charge is 0.192 e. The molecule has 1 aromatic carbocycles. The molecule has 0 atom stereocenters. The molecule has 1 heterocycles. The number of rotatable bonds is 4. The van der Waals surface area contributed by atoms with Gasteiger partial charge in [-0.25, -0.2) is 4.68 Å². The van der Waals surface area contributed by atoms with E-state index in [2.05, 4.69) is 51.8 Å². The van der Waals surface area contributed by atoms with Crippen molar-refractivity contribution in [2.75, 3.05) is 13.6 Å². The van der Waals surface area contributed by atoms with Gasteiger partial charge in [0.25, 0.3) is 0 Å². The number of aliphatic imine (C=N–C) groups is 1. The van der Waals surface area contributed by atoms with E-state index in [0.29, 0.717) is 19.0 Å². The summed E-state index contributed by atoms with van der Waals surface area (Å²) in [5, 5.41) is 10.9. The summed E-state index contributed by atoms with van der Waals surface area (Å²) in [7, 11) is 1.72. The van der Waals surface area contributed by atoms with Gasteiger partial charge in [0.05, 0.1) is 17.9 Å². The fourth-order valence-corrected chi connectivity index (χ4v) is 2.27. The zero-order valence-corrected chi connectivity index (χ0v) is 13.2. The van der Waals surface area contributed by atoms with Gasteiger partial charge < -0.3 is 10.6 Å². The number of hydrogen-bond acceptors (Lipinski definition) is 2. The highest BCUT2D eigenvalue weighted by Gasteiger charge is 2.08. The molecule has 0 saturated carbocycles. The quantitative estimate of drug-likeness (QED) is 0.514. The van der Waals surface area contributed by atoms with Crippen LogP contribution in [0.15, 0.2) is 35.3 Å². The maximum atomic E-state index is 5.25. The molecular weight excluding hydrogens is 274 g/mol. The molecule has 0 amide bonds. The molecule has 0 radical (unpaired) electrons. The van der Waals surface area contributed by atoms with Crippen molar-refractivity contribution < 1.29 is 0 Å². The van der Waals surface area contributed by atoms with Crippen molar-refractivity contribution in [3.05, 3.63) is 47.3 Å². The van der Waals surface area contributed by atoms with Crippen LogP contribution in [-0.4, -0.2) is 29.3 Å². The minimum absolute atomic E-state index is 0.443. The molecule has 5 nitrogen and oxygen atoms in total. The summed E-state index contributed by atoms with van der Waals surface area (Å²) in [6, 6.07) is 10.2. The van der Waals surface area contributed by atoms with Crippen LogP contribution in [0.2, 0.25) is 0 Å². The molecule has 1 aromatic heterocycles. The number of nitrogens with zero attached hydrogens (tertiary/aromatic N) is 3. The number of aryl methyl sites for hydroxylation is 2. The van der Waals surface area contributed by atoms with E-state index in [1.807, 2.05) is 23.7 Å². The number of terminal acetylenes is 1. The predicted octanol–water partition coefficient (Wildman–Crippen LogP) is 1.79. The molecule has 0 aliphatic heterocycles. The number of benzene rings is 1. The van der Waals surface area contributed by atoms with Crippen molar-refractivity contribution >= 4 is 5.96 Å². The lowest BCUT2D eigenvalue weighted by Gasteiger charge is -2.14. The first kappa shape index (κ1) is 15.6. The van der Waals surface area contributed by atoms with E-state index in [-0.39, 0.29) is 0 Å². The molecule has 2 rings (SSSR count). The van der Waals surface area contributed by atoms with Gasteiger partial charge in [0, 0.05) is 19.3 Å². The Morgan fingerprint density at radius 3 is 2.73 bits per heavy atom. The van der Waals surface area contributed by atoms with Gasteiger partial charge in [-0.05, 0) is 31.5 Å². The minimum Gasteiger partial charge on any atom is -0.352 e. The van der Waals surface area contributed by atoms with Crippen molar-refractivity contribution in [1.82, 2.24) is 20.4 Å². The van der Waals surface area contributed by atoms with Crippen molar-refractivity contribution in [2.24, 2.45) is 4.99 Å². The first-order valence-electron chi connectivity index (χ1n) is 7.15. The number of nitrogens with one attached hydrogen (secondary N) is 2. The fraction of sp³-hybridized carbons (Fsp3) is 0.294. The Bertz CT molecular complexity index is 706. The van der Waals surface area contributed by atoms with Gasteiger partial charge in [0.15, 0.2) is 5.96 Å². The highest BCUT2D eigenvalue weighted by Crippen LogP contribution is 2.16. The first-order chi connectivity index (χ1) is 10.7. The lowest BCUT2D eigenvalue weighted by Crippen LogP contribution is -2.37. The van der Waals surface area contributed by atoms with Gasteiger partial charge >= 0.3 is 0 Å². The summed E-state index contributed by atoms with van der Waals surface area (Å²) in [5.41, 5.74) is 4.32. The summed E-state index contributed by atoms with van der Waals surface area (Å²) in [4.78, 5) is 4.14. The number of para-hydroxylation sites is 1. The van der Waals surface area contributed by atoms with Crippen LogP contribution in [0.3, 0.4) is 0 Å². The second-order valence-corrected chi connectivity index (χ2v) is 4.95. The Morgan fingerprint density at radius 1 is 1.32 bits per heavy atom. The Labute approximate surface area is 131 Å². The van der Waals surface area contributed by atoms with Crippen LogP contribution in [0.1, 0.15) is 17.0 Å². The standard InChI is InChI=1S/C17H21N5/c1-5-10-19-17(18-4)20-12-15-8-6-7-9-16(15)22-14(3)11-13(2)21-22/h1,6-9,11H,10,12H2,2-4H3,(H2,18,19,20). The Morgan fingerprint density at radius 2 is 2.09 bits per heavy atom. The summed E-state index contributed by atoms with van der Waals surface area (Å²) < 4.78 is 1.96. The monoisotopic (exact) mass is 295 g/mol. The SMILES string of the molecule is C#CCNC(=NC)NCc1ccccc1-n1nc(C)cc1C. The van der Waals surface area contributed by atoms with E-state index in [1.54, 1.807) is 7.05 Å².